The van der Waals surface area contributed by atoms with Crippen LogP contribution in [0.2, 0.25) is 5.02 Å². The third-order valence-corrected chi connectivity index (χ3v) is 3.69. The lowest BCUT2D eigenvalue weighted by Crippen LogP contribution is -2.07. The van der Waals surface area contributed by atoms with E-state index >= 15 is 0 Å². The van der Waals surface area contributed by atoms with Crippen LogP contribution < -0.4 is 10.6 Å². The lowest BCUT2D eigenvalue weighted by atomic mass is 10.1. The summed E-state index contributed by atoms with van der Waals surface area (Å²) in [6.45, 7) is 0. The summed E-state index contributed by atoms with van der Waals surface area (Å²) in [6, 6.07) is 13.4. The van der Waals surface area contributed by atoms with Crippen LogP contribution in [0.4, 0.5) is 11.4 Å². The molecule has 22 heavy (non-hydrogen) atoms. The van der Waals surface area contributed by atoms with Crippen molar-refractivity contribution in [2.75, 3.05) is 24.7 Å². The number of nitrogens with two attached hydrogens (primary N) is 1. The van der Waals surface area contributed by atoms with E-state index in [0.717, 1.165) is 22.6 Å². The maximum absolute atomic E-state index is 6.20. The molecular weight excluding hydrogens is 298 g/mol. The molecule has 2 N–H and O–H groups in total. The summed E-state index contributed by atoms with van der Waals surface area (Å²) in [5.41, 5.74) is 10.0. The smallest absolute Gasteiger partial charge is 0.113 e. The predicted octanol–water partition coefficient (Wildman–Crippen LogP) is 3.24. The van der Waals surface area contributed by atoms with E-state index in [1.807, 2.05) is 50.6 Å². The summed E-state index contributed by atoms with van der Waals surface area (Å²) in [5, 5.41) is 8.89. The Bertz CT molecular complexity index is 793. The Hall–Kier alpha value is -2.53. The van der Waals surface area contributed by atoms with Crippen molar-refractivity contribution in [3.8, 4) is 16.9 Å². The van der Waals surface area contributed by atoms with Crippen LogP contribution in [0.1, 0.15) is 0 Å². The molecule has 0 amide bonds. The maximum Gasteiger partial charge on any atom is 0.113 e. The molecule has 6 heteroatoms. The lowest BCUT2D eigenvalue weighted by Gasteiger charge is -2.11. The molecule has 3 rings (SSSR count). The molecule has 0 aliphatic rings. The highest BCUT2D eigenvalue weighted by molar-refractivity contribution is 6.32. The van der Waals surface area contributed by atoms with Gasteiger partial charge in [0.25, 0.3) is 0 Å². The molecule has 3 aromatic rings. The molecule has 5 nitrogen and oxygen atoms in total. The molecule has 0 radical (unpaired) electrons. The fourth-order valence-electron chi connectivity index (χ4n) is 2.15. The zero-order valence-corrected chi connectivity index (χ0v) is 13.1. The summed E-state index contributed by atoms with van der Waals surface area (Å²) in [5.74, 6) is 0. The van der Waals surface area contributed by atoms with Gasteiger partial charge in [-0.25, -0.2) is 4.68 Å². The highest BCUT2D eigenvalue weighted by Crippen LogP contribution is 2.25. The minimum atomic E-state index is 0.541. The molecule has 0 saturated carbocycles. The Balaban J connectivity index is 1.93. The van der Waals surface area contributed by atoms with Gasteiger partial charge in [-0.15, -0.1) is 5.10 Å². The molecule has 0 fully saturated rings. The molecular formula is C16H16ClN5. The van der Waals surface area contributed by atoms with Gasteiger partial charge in [-0.05, 0) is 30.3 Å². The van der Waals surface area contributed by atoms with Crippen molar-refractivity contribution in [2.45, 2.75) is 0 Å². The first-order valence-corrected chi connectivity index (χ1v) is 7.18. The van der Waals surface area contributed by atoms with Crippen LogP contribution in [0.15, 0.2) is 48.7 Å². The van der Waals surface area contributed by atoms with Gasteiger partial charge in [0.2, 0.25) is 0 Å². The van der Waals surface area contributed by atoms with Gasteiger partial charge in [0.1, 0.15) is 5.69 Å². The van der Waals surface area contributed by atoms with E-state index in [-0.39, 0.29) is 0 Å². The Labute approximate surface area is 133 Å². The van der Waals surface area contributed by atoms with Gasteiger partial charge in [-0.1, -0.05) is 28.9 Å². The summed E-state index contributed by atoms with van der Waals surface area (Å²) < 4.78 is 1.65. The Morgan fingerprint density at radius 2 is 1.82 bits per heavy atom. The second-order valence-corrected chi connectivity index (χ2v) is 5.61. The zero-order chi connectivity index (χ0) is 15.7. The van der Waals surface area contributed by atoms with Gasteiger partial charge in [-0.3, -0.25) is 0 Å². The van der Waals surface area contributed by atoms with E-state index in [2.05, 4.69) is 15.2 Å². The SMILES string of the molecule is CN(C)c1ccc(-c2cn(-c3ccc(N)cc3Cl)nn2)cc1. The van der Waals surface area contributed by atoms with E-state index in [1.165, 1.54) is 0 Å². The lowest BCUT2D eigenvalue weighted by molar-refractivity contribution is 0.804. The van der Waals surface area contributed by atoms with Crippen molar-refractivity contribution in [3.63, 3.8) is 0 Å². The molecule has 0 bridgehead atoms. The first kappa shape index (κ1) is 14.4. The van der Waals surface area contributed by atoms with Crippen molar-refractivity contribution in [1.82, 2.24) is 15.0 Å². The second-order valence-electron chi connectivity index (χ2n) is 5.20. The van der Waals surface area contributed by atoms with Gasteiger partial charge in [0.05, 0.1) is 16.9 Å². The normalized spacial score (nSPS) is 10.7. The van der Waals surface area contributed by atoms with Gasteiger partial charge in [0.15, 0.2) is 0 Å². The third kappa shape index (κ3) is 2.76. The van der Waals surface area contributed by atoms with Crippen molar-refractivity contribution in [3.05, 3.63) is 53.7 Å². The monoisotopic (exact) mass is 313 g/mol. The molecule has 0 saturated heterocycles. The molecule has 0 aliphatic carbocycles. The Morgan fingerprint density at radius 3 is 2.45 bits per heavy atom. The van der Waals surface area contributed by atoms with Crippen molar-refractivity contribution in [1.29, 1.82) is 0 Å². The van der Waals surface area contributed by atoms with Crippen LogP contribution in [-0.2, 0) is 0 Å². The van der Waals surface area contributed by atoms with Gasteiger partial charge < -0.3 is 10.6 Å². The summed E-state index contributed by atoms with van der Waals surface area (Å²) in [6.07, 6.45) is 1.85. The molecule has 0 unspecified atom stereocenters. The molecule has 2 aromatic carbocycles. The van der Waals surface area contributed by atoms with E-state index < -0.39 is 0 Å². The maximum atomic E-state index is 6.20. The average Bonchev–Trinajstić information content (AvgIpc) is 2.97. The van der Waals surface area contributed by atoms with Crippen LogP contribution in [0.5, 0.6) is 0 Å². The highest BCUT2D eigenvalue weighted by Gasteiger charge is 2.08. The highest BCUT2D eigenvalue weighted by atomic mass is 35.5. The van der Waals surface area contributed by atoms with Crippen molar-refractivity contribution >= 4 is 23.0 Å². The number of nitrogen functional groups attached to an aromatic ring is 1. The van der Waals surface area contributed by atoms with E-state index in [9.17, 15) is 0 Å². The number of hydrogen-bond donors (Lipinski definition) is 1. The molecule has 1 heterocycles. The standard InChI is InChI=1S/C16H16ClN5/c1-21(2)13-6-3-11(4-7-13)15-10-22(20-19-15)16-8-5-12(18)9-14(16)17/h3-10H,18H2,1-2H3. The minimum absolute atomic E-state index is 0.541. The molecule has 112 valence electrons. The zero-order valence-electron chi connectivity index (χ0n) is 12.4. The molecule has 0 spiro atoms. The first-order valence-electron chi connectivity index (χ1n) is 6.80. The van der Waals surface area contributed by atoms with Crippen LogP contribution in [-0.4, -0.2) is 29.1 Å². The number of hydrogen-bond acceptors (Lipinski definition) is 4. The van der Waals surface area contributed by atoms with E-state index in [1.54, 1.807) is 16.8 Å². The average molecular weight is 314 g/mol. The first-order chi connectivity index (χ1) is 10.5. The largest absolute Gasteiger partial charge is 0.399 e. The Kier molecular flexibility index (Phi) is 3.73. The number of nitrogens with zero attached hydrogens (tertiary/aromatic N) is 4. The number of aromatic nitrogens is 3. The minimum Gasteiger partial charge on any atom is -0.399 e. The predicted molar refractivity (Wildman–Crippen MR) is 90.5 cm³/mol. The fourth-order valence-corrected chi connectivity index (χ4v) is 2.43. The van der Waals surface area contributed by atoms with Crippen LogP contribution in [0, 0.1) is 0 Å². The summed E-state index contributed by atoms with van der Waals surface area (Å²) in [7, 11) is 4.02. The molecule has 0 aliphatic heterocycles. The van der Waals surface area contributed by atoms with Crippen LogP contribution >= 0.6 is 11.6 Å². The molecule has 1 aromatic heterocycles. The number of benzene rings is 2. The topological polar surface area (TPSA) is 60.0 Å². The fraction of sp³-hybridized carbons (Fsp3) is 0.125. The van der Waals surface area contributed by atoms with Crippen molar-refractivity contribution in [2.24, 2.45) is 0 Å². The van der Waals surface area contributed by atoms with Crippen molar-refractivity contribution < 1.29 is 0 Å². The van der Waals surface area contributed by atoms with Crippen LogP contribution in [0.25, 0.3) is 16.9 Å². The number of anilines is 2. The number of rotatable bonds is 3. The van der Waals surface area contributed by atoms with Gasteiger partial charge in [-0.2, -0.15) is 0 Å². The van der Waals surface area contributed by atoms with Gasteiger partial charge >= 0.3 is 0 Å². The van der Waals surface area contributed by atoms with Gasteiger partial charge in [0, 0.05) is 31.0 Å². The summed E-state index contributed by atoms with van der Waals surface area (Å²) >= 11 is 6.20. The second kappa shape index (κ2) is 5.69. The van der Waals surface area contributed by atoms with E-state index in [4.69, 9.17) is 17.3 Å². The molecule has 0 atom stereocenters. The van der Waals surface area contributed by atoms with E-state index in [0.29, 0.717) is 10.7 Å². The van der Waals surface area contributed by atoms with Crippen LogP contribution in [0.3, 0.4) is 0 Å². The number of halogens is 1. The quantitative estimate of drug-likeness (QED) is 0.754. The third-order valence-electron chi connectivity index (χ3n) is 3.39. The summed E-state index contributed by atoms with van der Waals surface area (Å²) in [4.78, 5) is 2.05. The Morgan fingerprint density at radius 1 is 1.09 bits per heavy atom.